The number of Topliss-reactive ketones (excluding diaryl/α,β-unsaturated/α-hetero) is 1. The highest BCUT2D eigenvalue weighted by Crippen LogP contribution is 2.23. The lowest BCUT2D eigenvalue weighted by Gasteiger charge is -2.34. The van der Waals surface area contributed by atoms with Crippen molar-refractivity contribution in [3.05, 3.63) is 0 Å². The number of hydrogen-bond acceptors (Lipinski definition) is 4. The molecule has 6 heteroatoms. The van der Waals surface area contributed by atoms with Crippen LogP contribution in [0, 0.1) is 0 Å². The van der Waals surface area contributed by atoms with Gasteiger partial charge < -0.3 is 15.0 Å². The van der Waals surface area contributed by atoms with Crippen LogP contribution in [0.5, 0.6) is 0 Å². The van der Waals surface area contributed by atoms with E-state index in [1.54, 1.807) is 6.92 Å². The molecular formula is C19H32N2O4. The van der Waals surface area contributed by atoms with Gasteiger partial charge in [-0.05, 0) is 32.6 Å². The van der Waals surface area contributed by atoms with Gasteiger partial charge in [-0.3, -0.25) is 14.4 Å². The highest BCUT2D eigenvalue weighted by molar-refractivity contribution is 6.38. The van der Waals surface area contributed by atoms with E-state index < -0.39 is 17.7 Å². The molecule has 2 rings (SSSR count). The van der Waals surface area contributed by atoms with E-state index in [2.05, 4.69) is 5.32 Å². The fourth-order valence-corrected chi connectivity index (χ4v) is 3.91. The van der Waals surface area contributed by atoms with Crippen molar-refractivity contribution in [2.24, 2.45) is 0 Å². The topological polar surface area (TPSA) is 75.7 Å². The fourth-order valence-electron chi connectivity index (χ4n) is 3.91. The standard InChI is InChI=1S/C19H32N2O4/c1-15(21(14-22)16-8-4-2-5-9-16)18(23)19(24)20-12-13-25-17-10-6-3-7-11-17/h14-17H,2-13H2,1H3,(H,20,24). The minimum atomic E-state index is -0.708. The molecule has 1 unspecified atom stereocenters. The maximum Gasteiger partial charge on any atom is 0.289 e. The molecule has 0 bridgehead atoms. The number of carbonyl (C=O) groups is 3. The molecule has 0 aromatic heterocycles. The first-order chi connectivity index (χ1) is 12.1. The Hall–Kier alpha value is -1.43. The number of ketones is 1. The summed E-state index contributed by atoms with van der Waals surface area (Å²) in [6.07, 6.45) is 12.0. The summed E-state index contributed by atoms with van der Waals surface area (Å²) in [6, 6.07) is -0.632. The zero-order valence-corrected chi connectivity index (χ0v) is 15.4. The van der Waals surface area contributed by atoms with E-state index in [1.165, 1.54) is 30.6 Å². The Morgan fingerprint density at radius 3 is 2.28 bits per heavy atom. The van der Waals surface area contributed by atoms with Crippen LogP contribution in [0.25, 0.3) is 0 Å². The summed E-state index contributed by atoms with van der Waals surface area (Å²) in [5, 5.41) is 2.63. The zero-order valence-electron chi connectivity index (χ0n) is 15.4. The molecule has 6 nitrogen and oxygen atoms in total. The van der Waals surface area contributed by atoms with Gasteiger partial charge in [0.25, 0.3) is 5.91 Å². The molecule has 2 aliphatic carbocycles. The number of hydrogen-bond donors (Lipinski definition) is 1. The average molecular weight is 352 g/mol. The molecule has 0 aromatic carbocycles. The van der Waals surface area contributed by atoms with Gasteiger partial charge in [0.15, 0.2) is 0 Å². The minimum Gasteiger partial charge on any atom is -0.376 e. The highest BCUT2D eigenvalue weighted by Gasteiger charge is 2.31. The highest BCUT2D eigenvalue weighted by atomic mass is 16.5. The van der Waals surface area contributed by atoms with E-state index in [0.29, 0.717) is 13.2 Å². The monoisotopic (exact) mass is 352 g/mol. The number of rotatable bonds is 9. The van der Waals surface area contributed by atoms with Crippen LogP contribution < -0.4 is 5.32 Å². The maximum absolute atomic E-state index is 12.3. The summed E-state index contributed by atoms with van der Waals surface area (Å²) in [4.78, 5) is 37.4. The molecule has 1 N–H and O–H groups in total. The van der Waals surface area contributed by atoms with Gasteiger partial charge in [-0.15, -0.1) is 0 Å². The number of amides is 2. The van der Waals surface area contributed by atoms with Gasteiger partial charge in [0.1, 0.15) is 0 Å². The van der Waals surface area contributed by atoms with E-state index >= 15 is 0 Å². The first-order valence-electron chi connectivity index (χ1n) is 9.80. The SMILES string of the molecule is CC(C(=O)C(=O)NCCOC1CCCCC1)N(C=O)C1CCCCC1. The van der Waals surface area contributed by atoms with E-state index in [9.17, 15) is 14.4 Å². The lowest BCUT2D eigenvalue weighted by Crippen LogP contribution is -2.50. The quantitative estimate of drug-likeness (QED) is 0.392. The molecule has 2 amide bonds. The first kappa shape index (κ1) is 19.9. The predicted molar refractivity (Wildman–Crippen MR) is 95.1 cm³/mol. The summed E-state index contributed by atoms with van der Waals surface area (Å²) < 4.78 is 5.74. The molecule has 2 aliphatic rings. The molecule has 0 radical (unpaired) electrons. The van der Waals surface area contributed by atoms with Gasteiger partial charge in [-0.2, -0.15) is 0 Å². The predicted octanol–water partition coefficient (Wildman–Crippen LogP) is 2.20. The van der Waals surface area contributed by atoms with Gasteiger partial charge in [-0.1, -0.05) is 38.5 Å². The molecule has 0 aliphatic heterocycles. The molecule has 1 atom stereocenters. The zero-order chi connectivity index (χ0) is 18.1. The van der Waals surface area contributed by atoms with Crippen molar-refractivity contribution in [1.82, 2.24) is 10.2 Å². The molecular weight excluding hydrogens is 320 g/mol. The van der Waals surface area contributed by atoms with Gasteiger partial charge in [0.05, 0.1) is 18.8 Å². The third-order valence-corrected chi connectivity index (χ3v) is 5.46. The molecule has 25 heavy (non-hydrogen) atoms. The summed E-state index contributed by atoms with van der Waals surface area (Å²) in [7, 11) is 0. The van der Waals surface area contributed by atoms with Crippen LogP contribution in [-0.2, 0) is 19.1 Å². The van der Waals surface area contributed by atoms with E-state index in [4.69, 9.17) is 4.74 Å². The number of carbonyl (C=O) groups excluding carboxylic acids is 3. The van der Waals surface area contributed by atoms with Crippen molar-refractivity contribution >= 4 is 18.1 Å². The molecule has 2 fully saturated rings. The molecule has 142 valence electrons. The Morgan fingerprint density at radius 1 is 1.08 bits per heavy atom. The van der Waals surface area contributed by atoms with Crippen LogP contribution >= 0.6 is 0 Å². The van der Waals surface area contributed by atoms with Gasteiger partial charge in [-0.25, -0.2) is 0 Å². The largest absolute Gasteiger partial charge is 0.376 e. The van der Waals surface area contributed by atoms with Crippen molar-refractivity contribution < 1.29 is 19.1 Å². The summed E-state index contributed by atoms with van der Waals surface area (Å²) in [6.45, 7) is 2.40. The summed E-state index contributed by atoms with van der Waals surface area (Å²) in [5.74, 6) is -1.17. The Bertz CT molecular complexity index is 443. The fraction of sp³-hybridized carbons (Fsp3) is 0.842. The smallest absolute Gasteiger partial charge is 0.289 e. The second-order valence-corrected chi connectivity index (χ2v) is 7.27. The molecule has 0 aromatic rings. The number of ether oxygens (including phenoxy) is 1. The van der Waals surface area contributed by atoms with Crippen LogP contribution in [0.2, 0.25) is 0 Å². The Kier molecular flexibility index (Phi) is 8.38. The van der Waals surface area contributed by atoms with Crippen LogP contribution in [0.15, 0.2) is 0 Å². The average Bonchev–Trinajstić information content (AvgIpc) is 2.66. The maximum atomic E-state index is 12.3. The van der Waals surface area contributed by atoms with Crippen molar-refractivity contribution in [3.63, 3.8) is 0 Å². The van der Waals surface area contributed by atoms with E-state index in [0.717, 1.165) is 44.9 Å². The molecule has 2 saturated carbocycles. The van der Waals surface area contributed by atoms with Gasteiger partial charge in [0.2, 0.25) is 12.2 Å². The Balaban J connectivity index is 1.71. The number of nitrogens with zero attached hydrogens (tertiary/aromatic N) is 1. The molecule has 0 saturated heterocycles. The second kappa shape index (κ2) is 10.5. The molecule has 0 heterocycles. The third-order valence-electron chi connectivity index (χ3n) is 5.46. The van der Waals surface area contributed by atoms with Crippen LogP contribution in [0.4, 0.5) is 0 Å². The van der Waals surface area contributed by atoms with Crippen LogP contribution in [-0.4, -0.2) is 54.3 Å². The normalized spacial score (nSPS) is 20.7. The molecule has 0 spiro atoms. The van der Waals surface area contributed by atoms with Gasteiger partial charge in [0, 0.05) is 12.6 Å². The van der Waals surface area contributed by atoms with E-state index in [-0.39, 0.29) is 12.1 Å². The lowest BCUT2D eigenvalue weighted by molar-refractivity contribution is -0.143. The third kappa shape index (κ3) is 6.10. The number of nitrogens with one attached hydrogen (secondary N) is 1. The Labute approximate surface area is 150 Å². The van der Waals surface area contributed by atoms with Crippen molar-refractivity contribution in [2.45, 2.75) is 89.3 Å². The lowest BCUT2D eigenvalue weighted by atomic mass is 9.93. The first-order valence-corrected chi connectivity index (χ1v) is 9.80. The van der Waals surface area contributed by atoms with Crippen molar-refractivity contribution in [3.8, 4) is 0 Å². The Morgan fingerprint density at radius 2 is 1.68 bits per heavy atom. The van der Waals surface area contributed by atoms with Crippen molar-refractivity contribution in [2.75, 3.05) is 13.2 Å². The van der Waals surface area contributed by atoms with Gasteiger partial charge >= 0.3 is 0 Å². The summed E-state index contributed by atoms with van der Waals surface area (Å²) >= 11 is 0. The van der Waals surface area contributed by atoms with Crippen LogP contribution in [0.1, 0.15) is 71.1 Å². The van der Waals surface area contributed by atoms with Crippen LogP contribution in [0.3, 0.4) is 0 Å². The second-order valence-electron chi connectivity index (χ2n) is 7.27. The minimum absolute atomic E-state index is 0.0765. The summed E-state index contributed by atoms with van der Waals surface area (Å²) in [5.41, 5.74) is 0. The van der Waals surface area contributed by atoms with Crippen molar-refractivity contribution in [1.29, 1.82) is 0 Å². The van der Waals surface area contributed by atoms with E-state index in [1.807, 2.05) is 0 Å².